The highest BCUT2D eigenvalue weighted by Gasteiger charge is 2.53. The Morgan fingerprint density at radius 2 is 2.10 bits per heavy atom. The summed E-state index contributed by atoms with van der Waals surface area (Å²) in [5.74, 6) is -0.203. The van der Waals surface area contributed by atoms with Crippen molar-refractivity contribution >= 4 is 29.6 Å². The first kappa shape index (κ1) is 14.1. The lowest BCUT2D eigenvalue weighted by molar-refractivity contribution is -0.130. The second-order valence-electron chi connectivity index (χ2n) is 5.18. The van der Waals surface area contributed by atoms with Gasteiger partial charge in [0.25, 0.3) is 5.91 Å². The number of hydrogen-bond donors (Lipinski definition) is 1. The number of benzene rings is 1. The molecule has 1 aromatic carbocycles. The van der Waals surface area contributed by atoms with Crippen molar-refractivity contribution in [1.82, 2.24) is 10.2 Å². The fraction of sp³-hybridized carbons (Fsp3) is 0.333. The van der Waals surface area contributed by atoms with Crippen molar-refractivity contribution in [2.45, 2.75) is 12.0 Å². The van der Waals surface area contributed by atoms with E-state index in [9.17, 15) is 9.59 Å². The van der Waals surface area contributed by atoms with Crippen molar-refractivity contribution in [2.75, 3.05) is 19.8 Å². The number of halogens is 1. The maximum Gasteiger partial charge on any atom is 0.325 e. The molecule has 6 heteroatoms. The lowest BCUT2D eigenvalue weighted by atomic mass is 9.99. The van der Waals surface area contributed by atoms with Gasteiger partial charge in [-0.2, -0.15) is 0 Å². The Labute approximate surface area is 127 Å². The van der Waals surface area contributed by atoms with E-state index in [2.05, 4.69) is 5.32 Å². The molecule has 0 bridgehead atoms. The van der Waals surface area contributed by atoms with Crippen LogP contribution in [0.25, 0.3) is 6.08 Å². The van der Waals surface area contributed by atoms with E-state index in [1.807, 2.05) is 18.2 Å². The molecule has 2 heterocycles. The van der Waals surface area contributed by atoms with Crippen molar-refractivity contribution < 1.29 is 14.3 Å². The summed E-state index contributed by atoms with van der Waals surface area (Å²) in [7, 11) is 0. The van der Waals surface area contributed by atoms with E-state index in [4.69, 9.17) is 16.3 Å². The molecule has 0 saturated carbocycles. The molecule has 2 aliphatic rings. The molecule has 0 aromatic heterocycles. The maximum atomic E-state index is 12.3. The minimum absolute atomic E-state index is 0.203. The van der Waals surface area contributed by atoms with Gasteiger partial charge < -0.3 is 10.1 Å². The Kier molecular flexibility index (Phi) is 3.69. The molecule has 3 amide bonds. The quantitative estimate of drug-likeness (QED) is 0.870. The van der Waals surface area contributed by atoms with Crippen LogP contribution in [-0.4, -0.2) is 42.1 Å². The molecule has 110 valence electrons. The van der Waals surface area contributed by atoms with Gasteiger partial charge in [-0.05, 0) is 17.7 Å². The number of urea groups is 1. The average molecular weight is 307 g/mol. The normalized spacial score (nSPS) is 25.3. The van der Waals surface area contributed by atoms with Gasteiger partial charge in [0.05, 0.1) is 6.61 Å². The van der Waals surface area contributed by atoms with Crippen molar-refractivity contribution in [3.05, 3.63) is 40.9 Å². The topological polar surface area (TPSA) is 58.6 Å². The smallest absolute Gasteiger partial charge is 0.325 e. The van der Waals surface area contributed by atoms with E-state index in [1.54, 1.807) is 18.2 Å². The van der Waals surface area contributed by atoms with Crippen molar-refractivity contribution in [3.8, 4) is 0 Å². The number of nitrogens with zero attached hydrogens (tertiary/aromatic N) is 1. The standard InChI is InChI=1S/C15H15ClN2O3/c16-12-5-3-11(4-6-12)2-1-8-18-13(19)15(17-14(18)20)7-9-21-10-15/h1-6H,7-10H2,(H,17,20)/b2-1+/t15-/m0/s1. The van der Waals surface area contributed by atoms with Crippen LogP contribution < -0.4 is 5.32 Å². The number of nitrogens with one attached hydrogen (secondary N) is 1. The largest absolute Gasteiger partial charge is 0.378 e. The van der Waals surface area contributed by atoms with E-state index in [1.165, 1.54) is 4.90 Å². The van der Waals surface area contributed by atoms with Crippen molar-refractivity contribution in [1.29, 1.82) is 0 Å². The van der Waals surface area contributed by atoms with Gasteiger partial charge in [-0.15, -0.1) is 0 Å². The van der Waals surface area contributed by atoms with E-state index >= 15 is 0 Å². The number of carbonyl (C=O) groups is 2. The molecule has 1 aromatic rings. The maximum absolute atomic E-state index is 12.3. The predicted octanol–water partition coefficient (Wildman–Crippen LogP) is 2.06. The second kappa shape index (κ2) is 5.50. The summed E-state index contributed by atoms with van der Waals surface area (Å²) >= 11 is 5.82. The fourth-order valence-electron chi connectivity index (χ4n) is 2.54. The van der Waals surface area contributed by atoms with Crippen LogP contribution in [0.1, 0.15) is 12.0 Å². The van der Waals surface area contributed by atoms with E-state index in [0.29, 0.717) is 18.1 Å². The van der Waals surface area contributed by atoms with E-state index < -0.39 is 5.54 Å². The van der Waals surface area contributed by atoms with Gasteiger partial charge in [0, 0.05) is 24.6 Å². The first-order chi connectivity index (χ1) is 10.1. The van der Waals surface area contributed by atoms with Crippen LogP contribution in [0.2, 0.25) is 5.02 Å². The molecule has 5 nitrogen and oxygen atoms in total. The average Bonchev–Trinajstić information content (AvgIpc) is 3.02. The molecular formula is C15H15ClN2O3. The summed E-state index contributed by atoms with van der Waals surface area (Å²) in [4.78, 5) is 25.5. The molecule has 21 heavy (non-hydrogen) atoms. The van der Waals surface area contributed by atoms with Crippen molar-refractivity contribution in [2.24, 2.45) is 0 Å². The highest BCUT2D eigenvalue weighted by atomic mass is 35.5. The summed E-state index contributed by atoms with van der Waals surface area (Å²) in [6.07, 6.45) is 4.18. The zero-order chi connectivity index (χ0) is 14.9. The molecular weight excluding hydrogens is 292 g/mol. The molecule has 0 aliphatic carbocycles. The Morgan fingerprint density at radius 3 is 2.76 bits per heavy atom. The molecule has 0 unspecified atom stereocenters. The molecule has 2 saturated heterocycles. The molecule has 1 spiro atoms. The third-order valence-corrected chi connectivity index (χ3v) is 3.99. The predicted molar refractivity (Wildman–Crippen MR) is 78.9 cm³/mol. The highest BCUT2D eigenvalue weighted by molar-refractivity contribution is 6.30. The van der Waals surface area contributed by atoms with Crippen LogP contribution in [0.15, 0.2) is 30.3 Å². The Balaban J connectivity index is 1.66. The number of amides is 3. The number of ether oxygens (including phenoxy) is 1. The lowest BCUT2D eigenvalue weighted by Crippen LogP contribution is -2.47. The summed E-state index contributed by atoms with van der Waals surface area (Å²) in [6.45, 7) is 1.00. The van der Waals surface area contributed by atoms with E-state index in [0.717, 1.165) is 5.56 Å². The number of carbonyl (C=O) groups excluding carboxylic acids is 2. The lowest BCUT2D eigenvalue weighted by Gasteiger charge is -2.17. The third-order valence-electron chi connectivity index (χ3n) is 3.74. The third kappa shape index (κ3) is 2.66. The first-order valence-corrected chi connectivity index (χ1v) is 7.12. The van der Waals surface area contributed by atoms with Gasteiger partial charge in [0.2, 0.25) is 0 Å². The van der Waals surface area contributed by atoms with E-state index in [-0.39, 0.29) is 25.1 Å². The minimum atomic E-state index is -0.842. The Bertz CT molecular complexity index is 591. The van der Waals surface area contributed by atoms with Crippen LogP contribution in [0.3, 0.4) is 0 Å². The van der Waals surface area contributed by atoms with Gasteiger partial charge in [0.15, 0.2) is 0 Å². The summed E-state index contributed by atoms with van der Waals surface area (Å²) in [5.41, 5.74) is 0.121. The highest BCUT2D eigenvalue weighted by Crippen LogP contribution is 2.26. The van der Waals surface area contributed by atoms with Crippen molar-refractivity contribution in [3.63, 3.8) is 0 Å². The molecule has 2 aliphatic heterocycles. The molecule has 2 fully saturated rings. The van der Waals surface area contributed by atoms with Gasteiger partial charge in [-0.25, -0.2) is 4.79 Å². The van der Waals surface area contributed by atoms with Gasteiger partial charge in [-0.3, -0.25) is 9.69 Å². The van der Waals surface area contributed by atoms with Gasteiger partial charge in [-0.1, -0.05) is 35.9 Å². The van der Waals surface area contributed by atoms with Crippen LogP contribution >= 0.6 is 11.6 Å². The second-order valence-corrected chi connectivity index (χ2v) is 5.62. The van der Waals surface area contributed by atoms with Crippen LogP contribution in [-0.2, 0) is 9.53 Å². The summed E-state index contributed by atoms with van der Waals surface area (Å²) in [5, 5.41) is 3.42. The summed E-state index contributed by atoms with van der Waals surface area (Å²) in [6, 6.07) is 6.97. The molecule has 3 rings (SSSR count). The van der Waals surface area contributed by atoms with Crippen LogP contribution in [0.5, 0.6) is 0 Å². The Hall–Kier alpha value is -1.85. The van der Waals surface area contributed by atoms with Gasteiger partial charge >= 0.3 is 6.03 Å². The zero-order valence-electron chi connectivity index (χ0n) is 11.3. The number of imide groups is 1. The monoisotopic (exact) mass is 306 g/mol. The SMILES string of the molecule is O=C1N[C@]2(CCOC2)C(=O)N1C/C=C/c1ccc(Cl)cc1. The van der Waals surface area contributed by atoms with Crippen LogP contribution in [0.4, 0.5) is 4.79 Å². The Morgan fingerprint density at radius 1 is 1.33 bits per heavy atom. The zero-order valence-corrected chi connectivity index (χ0v) is 12.1. The fourth-order valence-corrected chi connectivity index (χ4v) is 2.67. The number of rotatable bonds is 3. The molecule has 1 N–H and O–H groups in total. The van der Waals surface area contributed by atoms with Gasteiger partial charge in [0.1, 0.15) is 5.54 Å². The molecule has 1 atom stereocenters. The summed E-state index contributed by atoms with van der Waals surface area (Å²) < 4.78 is 5.24. The first-order valence-electron chi connectivity index (χ1n) is 6.75. The minimum Gasteiger partial charge on any atom is -0.378 e. The van der Waals surface area contributed by atoms with Crippen LogP contribution in [0, 0.1) is 0 Å². The molecule has 0 radical (unpaired) electrons. The number of hydrogen-bond acceptors (Lipinski definition) is 3.